The Hall–Kier alpha value is -1.59. The van der Waals surface area contributed by atoms with Crippen molar-refractivity contribution in [2.45, 2.75) is 45.0 Å². The molecule has 6 heteroatoms. The molecule has 0 bridgehead atoms. The number of aryl methyl sites for hydroxylation is 1. The Morgan fingerprint density at radius 2 is 2.32 bits per heavy atom. The van der Waals surface area contributed by atoms with Crippen LogP contribution >= 0.6 is 0 Å². The van der Waals surface area contributed by atoms with Gasteiger partial charge in [0.2, 0.25) is 5.92 Å². The van der Waals surface area contributed by atoms with Crippen molar-refractivity contribution in [3.63, 3.8) is 0 Å². The first-order valence-electron chi connectivity index (χ1n) is 6.31. The van der Waals surface area contributed by atoms with Gasteiger partial charge in [-0.25, -0.2) is 23.5 Å². The molecule has 1 aromatic heterocycles. The van der Waals surface area contributed by atoms with Crippen molar-refractivity contribution in [3.8, 4) is 0 Å². The molecule has 104 valence electrons. The van der Waals surface area contributed by atoms with Crippen LogP contribution in [0.3, 0.4) is 0 Å². The maximum atomic E-state index is 13.2. The number of carbonyl (C=O) groups is 1. The number of rotatable bonds is 3. The van der Waals surface area contributed by atoms with E-state index in [0.29, 0.717) is 17.8 Å². The summed E-state index contributed by atoms with van der Waals surface area (Å²) in [5, 5.41) is 0. The fourth-order valence-electron chi connectivity index (χ4n) is 2.23. The van der Waals surface area contributed by atoms with Crippen LogP contribution in [0.25, 0.3) is 0 Å². The van der Waals surface area contributed by atoms with Crippen LogP contribution in [0.5, 0.6) is 0 Å². The Balaban J connectivity index is 2.24. The average molecular weight is 270 g/mol. The molecular weight excluding hydrogens is 254 g/mol. The first-order valence-corrected chi connectivity index (χ1v) is 6.31. The van der Waals surface area contributed by atoms with Gasteiger partial charge in [-0.15, -0.1) is 0 Å². The molecule has 0 aromatic carbocycles. The molecule has 1 heterocycles. The maximum Gasteiger partial charge on any atom is 0.357 e. The number of hydrogen-bond acceptors (Lipinski definition) is 4. The summed E-state index contributed by atoms with van der Waals surface area (Å²) in [6.45, 7) is 3.64. The molecule has 0 spiro atoms. The normalized spacial score (nSPS) is 21.4. The van der Waals surface area contributed by atoms with E-state index in [2.05, 4.69) is 9.97 Å². The maximum absolute atomic E-state index is 13.2. The fourth-order valence-corrected chi connectivity index (χ4v) is 2.23. The fraction of sp³-hybridized carbons (Fsp3) is 0.615. The second kappa shape index (κ2) is 5.19. The third-order valence-corrected chi connectivity index (χ3v) is 3.23. The summed E-state index contributed by atoms with van der Waals surface area (Å²) in [5.74, 6) is -3.26. The number of ether oxygens (including phenoxy) is 1. The number of halogens is 2. The highest BCUT2D eigenvalue weighted by atomic mass is 19.3. The summed E-state index contributed by atoms with van der Waals surface area (Å²) < 4.78 is 31.3. The summed E-state index contributed by atoms with van der Waals surface area (Å²) in [4.78, 5) is 19.9. The van der Waals surface area contributed by atoms with E-state index in [-0.39, 0.29) is 31.1 Å². The standard InChI is InChI=1S/C13H16F2N2O2/c1-3-19-12(18)10-8(2)7-16-11(17-10)9-4-5-13(14,15)6-9/h7,9H,3-6H2,1-2H3. The molecule has 0 aliphatic heterocycles. The number of esters is 1. The van der Waals surface area contributed by atoms with E-state index >= 15 is 0 Å². The molecule has 2 rings (SSSR count). The van der Waals surface area contributed by atoms with Gasteiger partial charge in [-0.05, 0) is 20.3 Å². The third kappa shape index (κ3) is 3.05. The van der Waals surface area contributed by atoms with Gasteiger partial charge in [-0.3, -0.25) is 0 Å². The van der Waals surface area contributed by atoms with Crippen molar-refractivity contribution in [3.05, 3.63) is 23.3 Å². The Labute approximate surface area is 110 Å². The smallest absolute Gasteiger partial charge is 0.357 e. The van der Waals surface area contributed by atoms with E-state index < -0.39 is 11.9 Å². The molecule has 1 atom stereocenters. The van der Waals surface area contributed by atoms with Crippen molar-refractivity contribution in [2.75, 3.05) is 6.61 Å². The first kappa shape index (κ1) is 13.8. The molecule has 1 aromatic rings. The molecule has 0 radical (unpaired) electrons. The minimum Gasteiger partial charge on any atom is -0.461 e. The molecule has 0 saturated heterocycles. The van der Waals surface area contributed by atoms with Crippen LogP contribution < -0.4 is 0 Å². The van der Waals surface area contributed by atoms with Gasteiger partial charge in [-0.1, -0.05) is 0 Å². The number of carbonyl (C=O) groups excluding carboxylic acids is 1. The summed E-state index contributed by atoms with van der Waals surface area (Å²) in [7, 11) is 0. The highest BCUT2D eigenvalue weighted by Gasteiger charge is 2.41. The molecule has 19 heavy (non-hydrogen) atoms. The zero-order valence-electron chi connectivity index (χ0n) is 10.9. The second-order valence-corrected chi connectivity index (χ2v) is 4.78. The van der Waals surface area contributed by atoms with Crippen LogP contribution in [0.1, 0.15) is 54.0 Å². The molecule has 1 aliphatic carbocycles. The first-order chi connectivity index (χ1) is 8.93. The van der Waals surface area contributed by atoms with Gasteiger partial charge < -0.3 is 4.74 Å². The zero-order chi connectivity index (χ0) is 14.0. The van der Waals surface area contributed by atoms with Gasteiger partial charge in [0.25, 0.3) is 0 Å². The predicted octanol–water partition coefficient (Wildman–Crippen LogP) is 2.86. The molecule has 4 nitrogen and oxygen atoms in total. The Kier molecular flexibility index (Phi) is 3.78. The molecule has 1 aliphatic rings. The lowest BCUT2D eigenvalue weighted by Crippen LogP contribution is -2.14. The highest BCUT2D eigenvalue weighted by molar-refractivity contribution is 5.88. The quantitative estimate of drug-likeness (QED) is 0.792. The second-order valence-electron chi connectivity index (χ2n) is 4.78. The van der Waals surface area contributed by atoms with Gasteiger partial charge in [0.05, 0.1) is 6.61 Å². The van der Waals surface area contributed by atoms with Crippen LogP contribution in [-0.2, 0) is 4.74 Å². The van der Waals surface area contributed by atoms with E-state index in [1.807, 2.05) is 0 Å². The zero-order valence-corrected chi connectivity index (χ0v) is 10.9. The van der Waals surface area contributed by atoms with E-state index in [1.54, 1.807) is 13.8 Å². The van der Waals surface area contributed by atoms with E-state index in [1.165, 1.54) is 6.20 Å². The minimum atomic E-state index is -2.65. The number of nitrogens with zero attached hydrogens (tertiary/aromatic N) is 2. The summed E-state index contributed by atoms with van der Waals surface area (Å²) in [6, 6.07) is 0. The van der Waals surface area contributed by atoms with E-state index in [9.17, 15) is 13.6 Å². The van der Waals surface area contributed by atoms with Crippen LogP contribution in [-0.4, -0.2) is 28.5 Å². The molecule has 1 unspecified atom stereocenters. The van der Waals surface area contributed by atoms with Gasteiger partial charge in [-0.2, -0.15) is 0 Å². The number of hydrogen-bond donors (Lipinski definition) is 0. The lowest BCUT2D eigenvalue weighted by molar-refractivity contribution is 0.00754. The lowest BCUT2D eigenvalue weighted by atomic mass is 10.1. The summed E-state index contributed by atoms with van der Waals surface area (Å²) >= 11 is 0. The molecular formula is C13H16F2N2O2. The number of aromatic nitrogens is 2. The van der Waals surface area contributed by atoms with Crippen molar-refractivity contribution in [1.82, 2.24) is 9.97 Å². The van der Waals surface area contributed by atoms with Gasteiger partial charge in [0.1, 0.15) is 5.82 Å². The average Bonchev–Trinajstić information content (AvgIpc) is 2.70. The largest absolute Gasteiger partial charge is 0.461 e. The van der Waals surface area contributed by atoms with Gasteiger partial charge in [0.15, 0.2) is 5.69 Å². The molecule has 1 saturated carbocycles. The van der Waals surface area contributed by atoms with E-state index in [0.717, 1.165) is 0 Å². The topological polar surface area (TPSA) is 52.1 Å². The third-order valence-electron chi connectivity index (χ3n) is 3.23. The Bertz CT molecular complexity index is 492. The van der Waals surface area contributed by atoms with Gasteiger partial charge >= 0.3 is 5.97 Å². The van der Waals surface area contributed by atoms with Crippen molar-refractivity contribution in [2.24, 2.45) is 0 Å². The predicted molar refractivity (Wildman–Crippen MR) is 64.3 cm³/mol. The SMILES string of the molecule is CCOC(=O)c1nc(C2CCC(F)(F)C2)ncc1C. The molecule has 0 N–H and O–H groups in total. The molecule has 1 fully saturated rings. The minimum absolute atomic E-state index is 0.149. The van der Waals surface area contributed by atoms with Crippen molar-refractivity contribution < 1.29 is 18.3 Å². The monoisotopic (exact) mass is 270 g/mol. The lowest BCUT2D eigenvalue weighted by Gasteiger charge is -2.11. The summed E-state index contributed by atoms with van der Waals surface area (Å²) in [6.07, 6.45) is 1.44. The van der Waals surface area contributed by atoms with Crippen molar-refractivity contribution >= 4 is 5.97 Å². The Morgan fingerprint density at radius 3 is 2.89 bits per heavy atom. The number of alkyl halides is 2. The van der Waals surface area contributed by atoms with Crippen LogP contribution in [0.2, 0.25) is 0 Å². The Morgan fingerprint density at radius 1 is 1.58 bits per heavy atom. The van der Waals surface area contributed by atoms with Crippen LogP contribution in [0, 0.1) is 6.92 Å². The van der Waals surface area contributed by atoms with Crippen LogP contribution in [0.4, 0.5) is 8.78 Å². The highest BCUT2D eigenvalue weighted by Crippen LogP contribution is 2.43. The summed E-state index contributed by atoms with van der Waals surface area (Å²) in [5.41, 5.74) is 0.758. The van der Waals surface area contributed by atoms with Crippen molar-refractivity contribution in [1.29, 1.82) is 0 Å². The molecule has 0 amide bonds. The van der Waals surface area contributed by atoms with Gasteiger partial charge in [0, 0.05) is 30.5 Å². The van der Waals surface area contributed by atoms with E-state index in [4.69, 9.17) is 4.74 Å². The van der Waals surface area contributed by atoms with Crippen LogP contribution in [0.15, 0.2) is 6.20 Å².